The lowest BCUT2D eigenvalue weighted by atomic mass is 10.2. The predicted octanol–water partition coefficient (Wildman–Crippen LogP) is 3.23. The number of rotatable bonds is 6. The van der Waals surface area contributed by atoms with Crippen LogP contribution < -0.4 is 5.32 Å². The number of amides is 1. The first-order valence-electron chi connectivity index (χ1n) is 7.69. The molecule has 25 heavy (non-hydrogen) atoms. The van der Waals surface area contributed by atoms with E-state index in [9.17, 15) is 9.18 Å². The first-order valence-corrected chi connectivity index (χ1v) is 8.68. The van der Waals surface area contributed by atoms with Gasteiger partial charge in [0.05, 0.1) is 11.4 Å². The summed E-state index contributed by atoms with van der Waals surface area (Å²) in [6.45, 7) is 2.65. The summed E-state index contributed by atoms with van der Waals surface area (Å²) in [4.78, 5) is 16.0. The van der Waals surface area contributed by atoms with E-state index in [2.05, 4.69) is 20.5 Å². The van der Waals surface area contributed by atoms with Gasteiger partial charge in [-0.1, -0.05) is 23.9 Å². The third-order valence-corrected chi connectivity index (χ3v) is 4.42. The molecule has 0 bridgehead atoms. The van der Waals surface area contributed by atoms with E-state index in [1.807, 2.05) is 23.6 Å². The Balaban J connectivity index is 1.68. The minimum absolute atomic E-state index is 0.114. The van der Waals surface area contributed by atoms with Gasteiger partial charge in [0.1, 0.15) is 5.82 Å². The molecular formula is C17H16FN5OS. The smallest absolute Gasteiger partial charge is 0.234 e. The second-order valence-electron chi connectivity index (χ2n) is 5.10. The van der Waals surface area contributed by atoms with Crippen molar-refractivity contribution in [1.29, 1.82) is 0 Å². The third-order valence-electron chi connectivity index (χ3n) is 3.45. The van der Waals surface area contributed by atoms with Gasteiger partial charge in [-0.2, -0.15) is 0 Å². The van der Waals surface area contributed by atoms with Crippen LogP contribution in [-0.4, -0.2) is 31.4 Å². The zero-order valence-corrected chi connectivity index (χ0v) is 14.3. The van der Waals surface area contributed by atoms with Crippen LogP contribution in [-0.2, 0) is 11.3 Å². The highest BCUT2D eigenvalue weighted by molar-refractivity contribution is 7.99. The maximum atomic E-state index is 13.6. The van der Waals surface area contributed by atoms with Gasteiger partial charge >= 0.3 is 0 Å². The topological polar surface area (TPSA) is 72.7 Å². The number of para-hydroxylation sites is 1. The Kier molecular flexibility index (Phi) is 5.39. The molecule has 0 aliphatic heterocycles. The Morgan fingerprint density at radius 1 is 1.20 bits per heavy atom. The van der Waals surface area contributed by atoms with Crippen LogP contribution in [0, 0.1) is 5.82 Å². The molecule has 2 aromatic heterocycles. The first-order chi connectivity index (χ1) is 12.2. The molecule has 0 fully saturated rings. The van der Waals surface area contributed by atoms with Gasteiger partial charge in [0, 0.05) is 24.5 Å². The summed E-state index contributed by atoms with van der Waals surface area (Å²) in [5, 5.41) is 11.6. The van der Waals surface area contributed by atoms with Crippen LogP contribution in [0.5, 0.6) is 0 Å². The zero-order valence-electron chi connectivity index (χ0n) is 13.5. The van der Waals surface area contributed by atoms with Gasteiger partial charge in [-0.05, 0) is 31.2 Å². The summed E-state index contributed by atoms with van der Waals surface area (Å²) in [6, 6.07) is 9.78. The second-order valence-corrected chi connectivity index (χ2v) is 6.05. The van der Waals surface area contributed by atoms with Crippen LogP contribution in [0.3, 0.4) is 0 Å². The Hall–Kier alpha value is -2.74. The number of carbonyl (C=O) groups excluding carboxylic acids is 1. The monoisotopic (exact) mass is 357 g/mol. The predicted molar refractivity (Wildman–Crippen MR) is 94.7 cm³/mol. The highest BCUT2D eigenvalue weighted by Crippen LogP contribution is 2.23. The van der Waals surface area contributed by atoms with Crippen LogP contribution in [0.2, 0.25) is 0 Å². The van der Waals surface area contributed by atoms with E-state index in [0.29, 0.717) is 11.7 Å². The number of halogens is 1. The number of aromatic nitrogens is 4. The van der Waals surface area contributed by atoms with Crippen molar-refractivity contribution in [3.05, 3.63) is 54.6 Å². The standard InChI is InChI=1S/C17H16FN5OS/c1-2-23-16(12-7-9-19-10-8-12)21-22-17(23)25-11-15(24)20-14-6-4-3-5-13(14)18/h3-10H,2,11H2,1H3,(H,20,24). The molecule has 3 rings (SSSR count). The maximum Gasteiger partial charge on any atom is 0.234 e. The van der Waals surface area contributed by atoms with Crippen molar-refractivity contribution in [2.75, 3.05) is 11.1 Å². The minimum Gasteiger partial charge on any atom is -0.323 e. The molecule has 0 saturated carbocycles. The molecule has 3 aromatic rings. The first kappa shape index (κ1) is 17.1. The molecule has 0 spiro atoms. The molecule has 1 N–H and O–H groups in total. The van der Waals surface area contributed by atoms with Crippen molar-refractivity contribution in [2.24, 2.45) is 0 Å². The Labute approximate surface area is 148 Å². The highest BCUT2D eigenvalue weighted by atomic mass is 32.2. The number of thioether (sulfide) groups is 1. The van der Waals surface area contributed by atoms with E-state index in [1.54, 1.807) is 24.5 Å². The van der Waals surface area contributed by atoms with Gasteiger partial charge in [0.15, 0.2) is 11.0 Å². The Morgan fingerprint density at radius 2 is 1.96 bits per heavy atom. The quantitative estimate of drug-likeness (QED) is 0.686. The number of hydrogen-bond donors (Lipinski definition) is 1. The number of hydrogen-bond acceptors (Lipinski definition) is 5. The fourth-order valence-electron chi connectivity index (χ4n) is 2.27. The van der Waals surface area contributed by atoms with Crippen LogP contribution in [0.25, 0.3) is 11.4 Å². The third kappa shape index (κ3) is 4.03. The number of nitrogens with one attached hydrogen (secondary N) is 1. The summed E-state index contributed by atoms with van der Waals surface area (Å²) in [7, 11) is 0. The summed E-state index contributed by atoms with van der Waals surface area (Å²) in [6.07, 6.45) is 3.39. The van der Waals surface area contributed by atoms with Crippen molar-refractivity contribution in [2.45, 2.75) is 18.6 Å². The van der Waals surface area contributed by atoms with Gasteiger partial charge < -0.3 is 9.88 Å². The van der Waals surface area contributed by atoms with E-state index in [4.69, 9.17) is 0 Å². The number of pyridine rings is 1. The lowest BCUT2D eigenvalue weighted by Gasteiger charge is -2.08. The number of nitrogens with zero attached hydrogens (tertiary/aromatic N) is 4. The molecule has 0 aliphatic carbocycles. The lowest BCUT2D eigenvalue weighted by molar-refractivity contribution is -0.113. The maximum absolute atomic E-state index is 13.6. The van der Waals surface area contributed by atoms with Crippen LogP contribution >= 0.6 is 11.8 Å². The van der Waals surface area contributed by atoms with Crippen LogP contribution in [0.15, 0.2) is 53.9 Å². The van der Waals surface area contributed by atoms with Gasteiger partial charge in [-0.3, -0.25) is 9.78 Å². The SMILES string of the molecule is CCn1c(SCC(=O)Nc2ccccc2F)nnc1-c1ccncc1. The average Bonchev–Trinajstić information content (AvgIpc) is 3.05. The fourth-order valence-corrected chi connectivity index (χ4v) is 3.08. The zero-order chi connectivity index (χ0) is 17.6. The number of carbonyl (C=O) groups is 1. The van der Waals surface area contributed by atoms with Crippen molar-refractivity contribution in [3.63, 3.8) is 0 Å². The fraction of sp³-hybridized carbons (Fsp3) is 0.176. The molecule has 128 valence electrons. The summed E-state index contributed by atoms with van der Waals surface area (Å²) in [5.41, 5.74) is 1.08. The van der Waals surface area contributed by atoms with E-state index in [1.165, 1.54) is 23.9 Å². The van der Waals surface area contributed by atoms with Crippen molar-refractivity contribution in [3.8, 4) is 11.4 Å². The van der Waals surface area contributed by atoms with Gasteiger partial charge in [0.25, 0.3) is 0 Å². The molecular weight excluding hydrogens is 341 g/mol. The Bertz CT molecular complexity index is 868. The molecule has 0 atom stereocenters. The second kappa shape index (κ2) is 7.89. The van der Waals surface area contributed by atoms with Crippen molar-refractivity contribution in [1.82, 2.24) is 19.7 Å². The van der Waals surface area contributed by atoms with Crippen LogP contribution in [0.1, 0.15) is 6.92 Å². The molecule has 6 nitrogen and oxygen atoms in total. The molecule has 8 heteroatoms. The summed E-state index contributed by atoms with van der Waals surface area (Å²) >= 11 is 1.26. The van der Waals surface area contributed by atoms with Gasteiger partial charge in [-0.25, -0.2) is 4.39 Å². The van der Waals surface area contributed by atoms with E-state index >= 15 is 0 Å². The van der Waals surface area contributed by atoms with Gasteiger partial charge in [-0.15, -0.1) is 10.2 Å². The number of benzene rings is 1. The molecule has 0 unspecified atom stereocenters. The summed E-state index contributed by atoms with van der Waals surface area (Å²) < 4.78 is 15.5. The highest BCUT2D eigenvalue weighted by Gasteiger charge is 2.15. The molecule has 0 saturated heterocycles. The van der Waals surface area contributed by atoms with Crippen molar-refractivity contribution >= 4 is 23.4 Å². The molecule has 0 aliphatic rings. The summed E-state index contributed by atoms with van der Waals surface area (Å²) in [5.74, 6) is 0.0775. The molecule has 1 aromatic carbocycles. The largest absolute Gasteiger partial charge is 0.323 e. The average molecular weight is 357 g/mol. The lowest BCUT2D eigenvalue weighted by Crippen LogP contribution is -2.15. The molecule has 0 radical (unpaired) electrons. The van der Waals surface area contributed by atoms with Crippen molar-refractivity contribution < 1.29 is 9.18 Å². The number of anilines is 1. The van der Waals surface area contributed by atoms with E-state index < -0.39 is 5.82 Å². The van der Waals surface area contributed by atoms with E-state index in [-0.39, 0.29) is 17.3 Å². The van der Waals surface area contributed by atoms with Crippen LogP contribution in [0.4, 0.5) is 10.1 Å². The minimum atomic E-state index is -0.461. The normalized spacial score (nSPS) is 10.6. The molecule has 1 amide bonds. The Morgan fingerprint density at radius 3 is 2.68 bits per heavy atom. The van der Waals surface area contributed by atoms with E-state index in [0.717, 1.165) is 11.4 Å². The van der Waals surface area contributed by atoms with Gasteiger partial charge in [0.2, 0.25) is 5.91 Å². The molecule has 2 heterocycles.